The van der Waals surface area contributed by atoms with Gasteiger partial charge in [0.05, 0.1) is 41.3 Å². The number of aliphatic hydroxyl groups excluding tert-OH is 6. The highest BCUT2D eigenvalue weighted by Gasteiger charge is 2.51. The number of halogens is 2. The monoisotopic (exact) mass is 1450 g/mol. The van der Waals surface area contributed by atoms with Gasteiger partial charge in [-0.15, -0.1) is 0 Å². The van der Waals surface area contributed by atoms with E-state index in [0.29, 0.717) is 0 Å². The summed E-state index contributed by atoms with van der Waals surface area (Å²) in [6, 6.07) is -0.679. The average Bonchev–Trinajstić information content (AvgIpc) is 0.775. The van der Waals surface area contributed by atoms with Gasteiger partial charge in [0.1, 0.15) is 89.5 Å². The average molecular weight is 1450 g/mol. The highest BCUT2D eigenvalue weighted by atomic mass is 35.5. The van der Waals surface area contributed by atoms with Crippen molar-refractivity contribution in [3.63, 3.8) is 0 Å². The number of rotatable bonds is 13. The molecule has 2 fully saturated rings. The highest BCUT2D eigenvalue weighted by Crippen LogP contribution is 2.50. The van der Waals surface area contributed by atoms with Gasteiger partial charge in [0.2, 0.25) is 53.4 Å². The molecule has 101 heavy (non-hydrogen) atoms. The summed E-state index contributed by atoms with van der Waals surface area (Å²) >= 11 is 14.1. The highest BCUT2D eigenvalue weighted by molar-refractivity contribution is 6.32. The van der Waals surface area contributed by atoms with Gasteiger partial charge in [0.25, 0.3) is 0 Å². The van der Waals surface area contributed by atoms with E-state index >= 15 is 14.4 Å². The molecule has 0 spiro atoms. The molecule has 2 saturated heterocycles. The fourth-order valence-electron chi connectivity index (χ4n) is 12.5. The molecule has 542 valence electrons. The summed E-state index contributed by atoms with van der Waals surface area (Å²) in [7, 11) is 1.47. The first kappa shape index (κ1) is 74.5. The molecule has 0 saturated carbocycles. The van der Waals surface area contributed by atoms with Gasteiger partial charge in [-0.25, -0.2) is 4.79 Å². The van der Waals surface area contributed by atoms with Gasteiger partial charge < -0.3 is 128 Å². The number of hydrogen-bond acceptors (Lipinski definition) is 25. The number of phenols is 3. The molecule has 7 aliphatic rings. The zero-order valence-electron chi connectivity index (χ0n) is 54.3. The number of amides is 7. The first-order chi connectivity index (χ1) is 47.7. The molecule has 0 radical (unpaired) electrons. The molecule has 21 N–H and O–H groups in total. The molecule has 18 atom stereocenters. The lowest BCUT2D eigenvalue weighted by Crippen LogP contribution is -2.64. The Morgan fingerprint density at radius 3 is 1.90 bits per heavy atom. The van der Waals surface area contributed by atoms with Crippen molar-refractivity contribution in [3.8, 4) is 57.1 Å². The number of carboxylic acid groups (broad SMARTS) is 1. The Hall–Kier alpha value is -9.20. The number of aliphatic carboxylic acids is 1. The lowest BCUT2D eigenvalue weighted by Gasteiger charge is -2.47. The van der Waals surface area contributed by atoms with Crippen LogP contribution in [0.4, 0.5) is 0 Å². The van der Waals surface area contributed by atoms with Crippen LogP contribution in [0.15, 0.2) is 78.9 Å². The fourth-order valence-corrected chi connectivity index (χ4v) is 12.9. The van der Waals surface area contributed by atoms with Crippen molar-refractivity contribution in [2.24, 2.45) is 17.4 Å². The number of nitrogens with two attached hydrogens (primary N) is 2. The minimum Gasteiger partial charge on any atom is -0.508 e. The van der Waals surface area contributed by atoms with Gasteiger partial charge >= 0.3 is 5.97 Å². The van der Waals surface area contributed by atoms with Crippen LogP contribution in [-0.2, 0) is 52.6 Å². The number of hydrogen-bond donors (Lipinski definition) is 19. The number of carbonyl (C=O) groups is 8. The number of fused-ring (bicyclic) bond motifs is 15. The quantitative estimate of drug-likeness (QED) is 0.0743. The van der Waals surface area contributed by atoms with Crippen molar-refractivity contribution in [1.29, 1.82) is 0 Å². The van der Waals surface area contributed by atoms with Gasteiger partial charge in [-0.1, -0.05) is 55.2 Å². The van der Waals surface area contributed by atoms with Crippen molar-refractivity contribution in [2.45, 2.75) is 156 Å². The van der Waals surface area contributed by atoms with Crippen molar-refractivity contribution in [2.75, 3.05) is 13.7 Å². The second-order valence-electron chi connectivity index (χ2n) is 25.7. The molecule has 7 heterocycles. The molecule has 11 bridgehead atoms. The Labute approximate surface area is 584 Å². The van der Waals surface area contributed by atoms with E-state index in [1.807, 2.05) is 13.8 Å². The molecule has 12 rings (SSSR count). The van der Waals surface area contributed by atoms with Crippen molar-refractivity contribution < 1.29 is 118 Å². The van der Waals surface area contributed by atoms with Crippen LogP contribution in [-0.4, -0.2) is 191 Å². The minimum atomic E-state index is -2.35. The number of aliphatic hydroxyl groups is 6. The molecule has 5 aromatic carbocycles. The maximum atomic E-state index is 16.0. The van der Waals surface area contributed by atoms with Crippen LogP contribution in [0.5, 0.6) is 46.0 Å². The van der Waals surface area contributed by atoms with E-state index in [4.69, 9.17) is 63.1 Å². The summed E-state index contributed by atoms with van der Waals surface area (Å²) < 4.78 is 38.3. The van der Waals surface area contributed by atoms with Gasteiger partial charge in [-0.05, 0) is 110 Å². The molecule has 33 nitrogen and oxygen atoms in total. The summed E-state index contributed by atoms with van der Waals surface area (Å²) in [5.41, 5.74) is 8.00. The van der Waals surface area contributed by atoms with Crippen LogP contribution < -0.4 is 62.9 Å². The molecule has 0 aliphatic carbocycles. The Morgan fingerprint density at radius 2 is 1.32 bits per heavy atom. The lowest BCUT2D eigenvalue weighted by atomic mass is 9.86. The van der Waals surface area contributed by atoms with Gasteiger partial charge in [0, 0.05) is 34.7 Å². The molecular formula is C66H75Cl2N9O24. The number of aromatic hydroxyl groups is 3. The summed E-state index contributed by atoms with van der Waals surface area (Å²) in [6.07, 6.45) is -18.6. The maximum Gasteiger partial charge on any atom is 0.330 e. The molecular weight excluding hydrogens is 1370 g/mol. The van der Waals surface area contributed by atoms with E-state index in [-0.39, 0.29) is 46.2 Å². The SMILES string of the molecule is CN[C@H](CC(C)C)C(=O)NC1C(=O)N[C@@H](CC(N)=O)C(=O)N[C@H]2C(=O)N[C@H]3C(=O)NC(C(=O)N[C@@H](C(=O)O)c4cc(O)cc(O)c4-c4cc3ccc4O)[C@H](O)c3ccc(c(Cl)c3)Oc3cc2cc(c3OC2O[C@H](CO)[C@@H](O)[C@H](O)[C@H]2OC2C[C@](C)(N)[C@H](O)[C@H](C)O2)Oc2ccc(cc2Cl)[C@H]1O. The van der Waals surface area contributed by atoms with Crippen LogP contribution in [0.3, 0.4) is 0 Å². The Balaban J connectivity index is 1.24. The molecule has 7 amide bonds. The number of phenolic OH excluding ortho intramolecular Hbond substituents is 3. The largest absolute Gasteiger partial charge is 0.508 e. The number of primary amides is 1. The second-order valence-corrected chi connectivity index (χ2v) is 26.5. The number of likely N-dealkylation sites (N-methyl/N-ethyl adjacent to an activating group) is 1. The van der Waals surface area contributed by atoms with E-state index in [2.05, 4.69) is 37.2 Å². The Bertz CT molecular complexity index is 4070. The van der Waals surface area contributed by atoms with E-state index in [1.165, 1.54) is 33.0 Å². The van der Waals surface area contributed by atoms with E-state index in [9.17, 15) is 75.0 Å². The predicted octanol–water partition coefficient (Wildman–Crippen LogP) is 0.106. The van der Waals surface area contributed by atoms with Crippen molar-refractivity contribution >= 4 is 70.5 Å². The minimum absolute atomic E-state index is 0.0975. The van der Waals surface area contributed by atoms with Crippen molar-refractivity contribution in [1.82, 2.24) is 37.2 Å². The number of nitrogens with one attached hydrogen (secondary N) is 7. The molecule has 0 aromatic heterocycles. The third kappa shape index (κ3) is 15.8. The number of carboxylic acids is 1. The third-order valence-electron chi connectivity index (χ3n) is 17.8. The summed E-state index contributed by atoms with van der Waals surface area (Å²) in [4.78, 5) is 117. The number of benzene rings is 5. The van der Waals surface area contributed by atoms with Crippen molar-refractivity contribution in [3.05, 3.63) is 117 Å². The first-order valence-electron chi connectivity index (χ1n) is 31.6. The summed E-state index contributed by atoms with van der Waals surface area (Å²) in [5.74, 6) is -16.0. The first-order valence-corrected chi connectivity index (χ1v) is 32.4. The Kier molecular flexibility index (Phi) is 22.2. The third-order valence-corrected chi connectivity index (χ3v) is 18.4. The number of ether oxygens (including phenoxy) is 6. The predicted molar refractivity (Wildman–Crippen MR) is 349 cm³/mol. The van der Waals surface area contributed by atoms with Crippen LogP contribution in [0.1, 0.15) is 105 Å². The zero-order valence-corrected chi connectivity index (χ0v) is 55.8. The molecule has 5 aromatic rings. The Morgan fingerprint density at radius 1 is 0.713 bits per heavy atom. The van der Waals surface area contributed by atoms with Crippen LogP contribution >= 0.6 is 23.2 Å². The van der Waals surface area contributed by atoms with E-state index in [1.54, 1.807) is 0 Å². The van der Waals surface area contributed by atoms with Crippen LogP contribution in [0, 0.1) is 5.92 Å². The van der Waals surface area contributed by atoms with E-state index < -0.39 is 237 Å². The fraction of sp³-hybridized carbons (Fsp3) is 0.424. The smallest absolute Gasteiger partial charge is 0.330 e. The van der Waals surface area contributed by atoms with E-state index in [0.717, 1.165) is 66.7 Å². The molecule has 7 aliphatic heterocycles. The summed E-state index contributed by atoms with van der Waals surface area (Å²) in [5, 5.41) is 131. The molecule has 35 heteroatoms. The normalized spacial score (nSPS) is 29.4. The maximum absolute atomic E-state index is 16.0. The van der Waals surface area contributed by atoms with Gasteiger partial charge in [-0.2, -0.15) is 0 Å². The topological polar surface area (TPSA) is 530 Å². The summed E-state index contributed by atoms with van der Waals surface area (Å²) in [6.45, 7) is 5.66. The number of carbonyl (C=O) groups excluding carboxylic acids is 7. The zero-order chi connectivity index (χ0) is 73.5. The lowest BCUT2D eigenvalue weighted by molar-refractivity contribution is -0.333. The molecule has 4 unspecified atom stereocenters. The standard InChI is InChI=1S/C66H75Cl2N9O24/c1-23(2)12-34(71-5)58(88)76-49-51(83)26-7-10-38(32(67)14-26)97-40-16-28-17-41(55(40)101-65-56(54(86)53(85)42(22-78)99-65)100-44-21-66(4,70)57(87)24(3)96-44)98-39-11-8-27(15-33(39)68)52(84)50-63(93)75-48(64(94)95)31-18-29(79)19-37(81)45(31)30-13-25(6-9-36(30)80)46(60(90)77-50)74-61(91)47(28)73-59(89)35(20-43(69)82)72-62(49)92/h6-11,13-19,23-24,34-35,42,44,46-54,56-57,65,71,78-81,83-87H,12,20-22,70H2,1-5H3,(H2,69,82)(H,72,92)(H,73,89)(H,74,91)(H,75,93)(H,76,88)(H,77,90)(H,94,95)/t24-,34+,35-,42+,44?,46+,47+,48+,49?,50?,51+,52+,53+,54-,56+,57+,65?,66-/m0/s1. The van der Waals surface area contributed by atoms with Crippen LogP contribution in [0.25, 0.3) is 11.1 Å². The van der Waals surface area contributed by atoms with Gasteiger partial charge in [-0.3, -0.25) is 33.6 Å². The van der Waals surface area contributed by atoms with Gasteiger partial charge in [0.15, 0.2) is 29.9 Å². The van der Waals surface area contributed by atoms with Crippen LogP contribution in [0.2, 0.25) is 10.0 Å². The second kappa shape index (κ2) is 30.2.